The highest BCUT2D eigenvalue weighted by molar-refractivity contribution is 8.12. The van der Waals surface area contributed by atoms with Crippen molar-refractivity contribution in [1.82, 2.24) is 36.0 Å². The van der Waals surface area contributed by atoms with Crippen LogP contribution in [0.1, 0.15) is 144 Å². The average Bonchev–Trinajstić information content (AvgIpc) is 3.66. The molecule has 8 rings (SSSR count). The number of amides is 10. The van der Waals surface area contributed by atoms with Gasteiger partial charge in [0, 0.05) is 71.1 Å². The lowest BCUT2D eigenvalue weighted by molar-refractivity contribution is -0.141. The first kappa shape index (κ1) is 56.8. The monoisotopic (exact) mass is 1100 g/mol. The third-order valence-electron chi connectivity index (χ3n) is 17.7. The fourth-order valence-electron chi connectivity index (χ4n) is 14.2. The number of carbonyl (C=O) groups is 9. The third-order valence-corrected chi connectivity index (χ3v) is 26.1. The van der Waals surface area contributed by atoms with Crippen molar-refractivity contribution in [1.29, 1.82) is 0 Å². The molecule has 10 amide bonds. The van der Waals surface area contributed by atoms with E-state index in [9.17, 15) is 43.2 Å². The van der Waals surface area contributed by atoms with Gasteiger partial charge in [-0.1, -0.05) is 78.2 Å². The number of nitrogens with one attached hydrogen (secondary N) is 4. The Labute approximate surface area is 454 Å². The highest BCUT2D eigenvalue weighted by Crippen LogP contribution is 2.83. The van der Waals surface area contributed by atoms with E-state index in [0.717, 1.165) is 44.9 Å². The zero-order chi connectivity index (χ0) is 53.3. The lowest BCUT2D eigenvalue weighted by Crippen LogP contribution is -2.85. The molecule has 14 atom stereocenters. The molecule has 1 spiro atoms. The smallest absolute Gasteiger partial charge is 0.312 e. The molecule has 6 N–H and O–H groups in total. The quantitative estimate of drug-likeness (QED) is 0.0767. The van der Waals surface area contributed by atoms with Crippen molar-refractivity contribution in [3.05, 3.63) is 12.7 Å². The number of fused-ring (bicyclic) bond motifs is 3. The molecule has 74 heavy (non-hydrogen) atoms. The standard InChI is InChI=1S/C53H80N8O9S4/c1-7-18-31(5)56-44(64)35(21-17-24-55-50(54)70)57-45(65)39(30(3)4)58-37(62)22-23-38(63)59-25-27-60-46(66)40-41(47(60)67)72-51(6)33-20-16-14-12-10-9-11-13-15-19-32-34(29-36(33)71-40)53(51)52(32,8-2)73-42-43(74-53)49(69)61(28-26-59)48(42)68/h7,30-36,39-43H,1,8-29H2,2-6H3,(H,56,64)(H,57,65)(H,58,62)(H3,54,55,70)/t31?,32?,33?,34?,35-,36?,39-,40?,41?,42?,43?,51?,52?,53?/m0/s1. The predicted octanol–water partition coefficient (Wildman–Crippen LogP) is 5.13. The molecule has 21 heteroatoms. The number of hydrogen-bond acceptors (Lipinski definition) is 13. The molecule has 410 valence electrons. The molecule has 3 aliphatic carbocycles. The van der Waals surface area contributed by atoms with Crippen LogP contribution < -0.4 is 27.0 Å². The van der Waals surface area contributed by atoms with Gasteiger partial charge in [0.1, 0.15) is 33.1 Å². The van der Waals surface area contributed by atoms with Crippen LogP contribution in [0.2, 0.25) is 0 Å². The summed E-state index contributed by atoms with van der Waals surface area (Å²) in [5.74, 6) is -2.54. The van der Waals surface area contributed by atoms with Crippen molar-refractivity contribution in [2.45, 2.75) is 202 Å². The van der Waals surface area contributed by atoms with Crippen LogP contribution in [0, 0.1) is 23.7 Å². The molecule has 17 nitrogen and oxygen atoms in total. The number of hydrogen-bond donors (Lipinski definition) is 5. The van der Waals surface area contributed by atoms with Gasteiger partial charge in [0.25, 0.3) is 0 Å². The van der Waals surface area contributed by atoms with E-state index in [0.29, 0.717) is 18.8 Å². The zero-order valence-electron chi connectivity index (χ0n) is 44.0. The molecule has 0 aromatic heterocycles. The Balaban J connectivity index is 1.02. The molecule has 0 aromatic carbocycles. The topological polar surface area (TPSA) is 237 Å². The first-order valence-corrected chi connectivity index (χ1v) is 31.1. The molecule has 12 unspecified atom stereocenters. The summed E-state index contributed by atoms with van der Waals surface area (Å²) in [5.41, 5.74) is 5.21. The van der Waals surface area contributed by atoms with E-state index < -0.39 is 78.2 Å². The van der Waals surface area contributed by atoms with Crippen molar-refractivity contribution in [3.63, 3.8) is 0 Å². The number of thioether (sulfide) groups is 4. The van der Waals surface area contributed by atoms with Crippen LogP contribution in [0.3, 0.4) is 0 Å². The van der Waals surface area contributed by atoms with Crippen LogP contribution in [0.25, 0.3) is 0 Å². The normalized spacial score (nSPS) is 35.0. The predicted molar refractivity (Wildman–Crippen MR) is 292 cm³/mol. The van der Waals surface area contributed by atoms with Gasteiger partial charge in [-0.25, -0.2) is 4.79 Å². The van der Waals surface area contributed by atoms with Crippen LogP contribution in [0.4, 0.5) is 4.79 Å². The van der Waals surface area contributed by atoms with E-state index in [1.54, 1.807) is 73.9 Å². The second-order valence-electron chi connectivity index (χ2n) is 22.5. The molecule has 8 fully saturated rings. The maximum Gasteiger partial charge on any atom is 0.312 e. The molecule has 9 bridgehead atoms. The molecule has 8 aliphatic rings. The number of carbonyl (C=O) groups excluding carboxylic acids is 9. The van der Waals surface area contributed by atoms with E-state index in [1.807, 2.05) is 0 Å². The Morgan fingerprint density at radius 2 is 1.31 bits per heavy atom. The minimum atomic E-state index is -1.07. The summed E-state index contributed by atoms with van der Waals surface area (Å²) in [6, 6.07) is -3.04. The molecular weight excluding hydrogens is 1020 g/mol. The first-order chi connectivity index (χ1) is 35.3. The van der Waals surface area contributed by atoms with Crippen LogP contribution in [-0.2, 0) is 38.4 Å². The summed E-state index contributed by atoms with van der Waals surface area (Å²) >= 11 is 6.95. The summed E-state index contributed by atoms with van der Waals surface area (Å²) in [7, 11) is 0. The van der Waals surface area contributed by atoms with Crippen molar-refractivity contribution < 1.29 is 43.2 Å². The van der Waals surface area contributed by atoms with Gasteiger partial charge < -0.3 is 31.9 Å². The number of urea groups is 1. The van der Waals surface area contributed by atoms with Gasteiger partial charge >= 0.3 is 6.03 Å². The van der Waals surface area contributed by atoms with Gasteiger partial charge in [0.15, 0.2) is 0 Å². The number of primary amides is 1. The van der Waals surface area contributed by atoms with Gasteiger partial charge in [0.2, 0.25) is 47.3 Å². The number of imide groups is 2. The van der Waals surface area contributed by atoms with E-state index in [4.69, 9.17) is 5.73 Å². The molecule has 0 radical (unpaired) electrons. The zero-order valence-corrected chi connectivity index (χ0v) is 47.3. The summed E-state index contributed by atoms with van der Waals surface area (Å²) in [6.45, 7) is 13.6. The average molecular weight is 1100 g/mol. The van der Waals surface area contributed by atoms with Crippen LogP contribution in [0.5, 0.6) is 0 Å². The van der Waals surface area contributed by atoms with Gasteiger partial charge in [-0.05, 0) is 82.5 Å². The molecule has 0 aromatic rings. The number of nitrogens with zero attached hydrogens (tertiary/aromatic N) is 3. The SMILES string of the molecule is C=CCC(C)NC(=O)[C@H](CCCNC(N)=O)NC(=O)[C@@H](NC(=O)CCC(=O)N1CCN2C(=O)C3SC4CC5C6CCCCCCCCCCC4C(C)(SC3C2=O)C52SC3C(=O)N(CC1)C(=O)C3SC62CC)C(C)C. The van der Waals surface area contributed by atoms with E-state index in [1.165, 1.54) is 46.8 Å². The minimum absolute atomic E-state index is 0.0443. The lowest BCUT2D eigenvalue weighted by atomic mass is 9.43. The Hall–Kier alpha value is -3.43. The largest absolute Gasteiger partial charge is 0.352 e. The van der Waals surface area contributed by atoms with Crippen LogP contribution in [-0.4, -0.2) is 159 Å². The fourth-order valence-corrected chi connectivity index (χ4v) is 23.6. The maximum atomic E-state index is 14.9. The molecule has 5 heterocycles. The first-order valence-electron chi connectivity index (χ1n) is 27.5. The van der Waals surface area contributed by atoms with E-state index >= 15 is 0 Å². The number of nitrogens with two attached hydrogens (primary N) is 1. The summed E-state index contributed by atoms with van der Waals surface area (Å²) in [4.78, 5) is 130. The van der Waals surface area contributed by atoms with Gasteiger partial charge in [-0.2, -0.15) is 0 Å². The molecule has 3 saturated carbocycles. The van der Waals surface area contributed by atoms with E-state index in [2.05, 4.69) is 41.7 Å². The Morgan fingerprint density at radius 1 is 0.730 bits per heavy atom. The Bertz CT molecular complexity index is 2220. The van der Waals surface area contributed by atoms with Gasteiger partial charge in [0.05, 0.1) is 0 Å². The van der Waals surface area contributed by atoms with Crippen molar-refractivity contribution in [2.75, 3.05) is 32.7 Å². The second-order valence-corrected chi connectivity index (χ2v) is 28.3. The van der Waals surface area contributed by atoms with Crippen LogP contribution >= 0.6 is 47.0 Å². The van der Waals surface area contributed by atoms with Crippen LogP contribution in [0.15, 0.2) is 12.7 Å². The second kappa shape index (κ2) is 23.7. The molecule has 5 aliphatic heterocycles. The number of rotatable bonds is 16. The maximum absolute atomic E-state index is 14.9. The Kier molecular flexibility index (Phi) is 18.2. The minimum Gasteiger partial charge on any atom is -0.352 e. The summed E-state index contributed by atoms with van der Waals surface area (Å²) in [6.07, 6.45) is 15.3. The highest BCUT2D eigenvalue weighted by atomic mass is 32.2. The lowest BCUT2D eigenvalue weighted by Gasteiger charge is -2.80. The molecule has 5 saturated heterocycles. The summed E-state index contributed by atoms with van der Waals surface area (Å²) < 4.78 is -1.18. The van der Waals surface area contributed by atoms with E-state index in [-0.39, 0.29) is 103 Å². The fraction of sp³-hybridized carbons (Fsp3) is 0.792. The van der Waals surface area contributed by atoms with Gasteiger partial charge in [-0.3, -0.25) is 48.2 Å². The third kappa shape index (κ3) is 10.5. The Morgan fingerprint density at radius 3 is 1.91 bits per heavy atom. The van der Waals surface area contributed by atoms with Crippen molar-refractivity contribution in [2.24, 2.45) is 29.4 Å². The molecular formula is C53H80N8O9S4. The van der Waals surface area contributed by atoms with Gasteiger partial charge in [-0.15, -0.1) is 53.6 Å². The van der Waals surface area contributed by atoms with Crippen molar-refractivity contribution >= 4 is 100 Å². The summed E-state index contributed by atoms with van der Waals surface area (Å²) in [5, 5.41) is 8.68. The highest BCUT2D eigenvalue weighted by Gasteiger charge is 2.85. The van der Waals surface area contributed by atoms with Crippen molar-refractivity contribution in [3.8, 4) is 0 Å².